The van der Waals surface area contributed by atoms with Crippen molar-refractivity contribution >= 4 is 88.9 Å². The molecule has 1 aromatic rings. The van der Waals surface area contributed by atoms with E-state index in [-0.39, 0.29) is 25.2 Å². The molecule has 0 spiro atoms. The Hall–Kier alpha value is -8.77. The summed E-state index contributed by atoms with van der Waals surface area (Å²) in [5.41, 5.74) is 11.0. The normalized spacial score (nSPS) is 15.8. The zero-order chi connectivity index (χ0) is 59.5. The maximum Gasteiger partial charge on any atom is 0.326 e. The standard InChI is InChI=1S/C48H69N11O20/c1-23(2)19-33(48(78)79)59-45(75)30(20-24-7-4-3-5-8-24)56-43(73)29(13-17-37(64)65)55-46(76)31(21-38(66)67)58-47(77)32(22-39(68)69)57-44(74)28(12-16-36(62)63)54-42(72)27(11-15-35(50)61)53-41(71)26(10-14-34(49)60)52-40(70)25-9-6-18-51-25/h3-5,7-8,23,25-33,51H,6,9-22H2,1-2H3,(H2,49,60)(H2,50,61)(H,52,70)(H,53,71)(H,54,72)(H,55,76)(H,56,73)(H,57,74)(H,58,77)(H,59,75)(H,62,63)(H,64,65)(H,66,67)(H,68,69)(H,78,79)/t25-,26-,27-,28-,29-,30-,31-,32-,33-/m0/s1. The van der Waals surface area contributed by atoms with Crippen LogP contribution in [0.3, 0.4) is 0 Å². The van der Waals surface area contributed by atoms with Crippen molar-refractivity contribution < 1.29 is 97.5 Å². The summed E-state index contributed by atoms with van der Waals surface area (Å²) in [6.45, 7) is 3.88. The largest absolute Gasteiger partial charge is 0.481 e. The highest BCUT2D eigenvalue weighted by Gasteiger charge is 2.37. The van der Waals surface area contributed by atoms with E-state index >= 15 is 0 Å². The molecule has 2 rings (SSSR count). The van der Waals surface area contributed by atoms with Gasteiger partial charge < -0.3 is 84.9 Å². The van der Waals surface area contributed by atoms with Crippen LogP contribution in [0.1, 0.15) is 103 Å². The number of rotatable bonds is 37. The monoisotopic (exact) mass is 1120 g/mol. The average Bonchev–Trinajstić information content (AvgIpc) is 3.91. The lowest BCUT2D eigenvalue weighted by Gasteiger charge is -2.27. The lowest BCUT2D eigenvalue weighted by molar-refractivity contribution is -0.144. The van der Waals surface area contributed by atoms with Crippen LogP contribution in [0.25, 0.3) is 0 Å². The summed E-state index contributed by atoms with van der Waals surface area (Å²) in [7, 11) is 0. The van der Waals surface area contributed by atoms with Gasteiger partial charge in [-0.25, -0.2) is 4.79 Å². The molecule has 79 heavy (non-hydrogen) atoms. The van der Waals surface area contributed by atoms with E-state index in [0.717, 1.165) is 0 Å². The summed E-state index contributed by atoms with van der Waals surface area (Å²) in [5, 5.41) is 68.9. The van der Waals surface area contributed by atoms with Gasteiger partial charge >= 0.3 is 29.8 Å². The van der Waals surface area contributed by atoms with Crippen molar-refractivity contribution in [2.24, 2.45) is 17.4 Å². The number of carboxylic acids is 5. The molecule has 31 heteroatoms. The lowest BCUT2D eigenvalue weighted by atomic mass is 10.0. The first-order chi connectivity index (χ1) is 37.1. The quantitative estimate of drug-likeness (QED) is 0.0297. The Bertz CT molecular complexity index is 2400. The molecule has 10 amide bonds. The first-order valence-electron chi connectivity index (χ1n) is 24.9. The molecule has 436 valence electrons. The van der Waals surface area contributed by atoms with Crippen LogP contribution in [-0.4, -0.2) is 175 Å². The van der Waals surface area contributed by atoms with Gasteiger partial charge in [-0.1, -0.05) is 44.2 Å². The highest BCUT2D eigenvalue weighted by molar-refractivity contribution is 6.00. The van der Waals surface area contributed by atoms with Crippen molar-refractivity contribution in [3.8, 4) is 0 Å². The number of carbonyl (C=O) groups excluding carboxylic acids is 10. The van der Waals surface area contributed by atoms with Crippen molar-refractivity contribution in [2.45, 2.75) is 158 Å². The molecular weight excluding hydrogens is 1050 g/mol. The predicted octanol–water partition coefficient (Wildman–Crippen LogP) is -4.80. The van der Waals surface area contributed by atoms with Crippen molar-refractivity contribution in [2.75, 3.05) is 6.54 Å². The van der Waals surface area contributed by atoms with E-state index in [1.165, 1.54) is 0 Å². The Balaban J connectivity index is 2.46. The van der Waals surface area contributed by atoms with Gasteiger partial charge in [-0.15, -0.1) is 0 Å². The van der Waals surface area contributed by atoms with Gasteiger partial charge in [-0.3, -0.25) is 67.1 Å². The third-order valence-electron chi connectivity index (χ3n) is 11.8. The first-order valence-corrected chi connectivity index (χ1v) is 24.9. The minimum atomic E-state index is -2.26. The molecule has 9 atom stereocenters. The molecule has 0 unspecified atom stereocenters. The molecular formula is C48H69N11O20. The predicted molar refractivity (Wildman–Crippen MR) is 269 cm³/mol. The number of carbonyl (C=O) groups is 15. The summed E-state index contributed by atoms with van der Waals surface area (Å²) >= 11 is 0. The molecule has 1 aromatic carbocycles. The number of primary amides is 2. The maximum absolute atomic E-state index is 13.9. The van der Waals surface area contributed by atoms with Crippen LogP contribution >= 0.6 is 0 Å². The van der Waals surface area contributed by atoms with Crippen molar-refractivity contribution in [1.29, 1.82) is 0 Å². The van der Waals surface area contributed by atoms with Gasteiger partial charge in [0.15, 0.2) is 0 Å². The Morgan fingerprint density at radius 3 is 1.19 bits per heavy atom. The zero-order valence-electron chi connectivity index (χ0n) is 43.3. The van der Waals surface area contributed by atoms with Crippen molar-refractivity contribution in [3.63, 3.8) is 0 Å². The molecule has 1 fully saturated rings. The molecule has 1 saturated heterocycles. The highest BCUT2D eigenvalue weighted by Crippen LogP contribution is 2.12. The second-order valence-corrected chi connectivity index (χ2v) is 18.9. The van der Waals surface area contributed by atoms with Crippen LogP contribution in [0.2, 0.25) is 0 Å². The Morgan fingerprint density at radius 2 is 0.835 bits per heavy atom. The summed E-state index contributed by atoms with van der Waals surface area (Å²) in [5.74, 6) is -19.7. The molecule has 0 aliphatic carbocycles. The number of benzene rings is 1. The molecule has 0 radical (unpaired) electrons. The smallest absolute Gasteiger partial charge is 0.326 e. The van der Waals surface area contributed by atoms with Crippen LogP contribution in [0, 0.1) is 5.92 Å². The van der Waals surface area contributed by atoms with E-state index < -0.39 is 201 Å². The van der Waals surface area contributed by atoms with Crippen molar-refractivity contribution in [3.05, 3.63) is 35.9 Å². The van der Waals surface area contributed by atoms with Crippen LogP contribution in [0.15, 0.2) is 30.3 Å². The van der Waals surface area contributed by atoms with Gasteiger partial charge in [-0.05, 0) is 63.0 Å². The zero-order valence-corrected chi connectivity index (χ0v) is 43.3. The average molecular weight is 1120 g/mol. The lowest BCUT2D eigenvalue weighted by Crippen LogP contribution is -2.61. The van der Waals surface area contributed by atoms with E-state index in [0.29, 0.717) is 24.9 Å². The molecule has 0 bridgehead atoms. The topological polar surface area (TPSA) is 518 Å². The fourth-order valence-corrected chi connectivity index (χ4v) is 7.79. The Kier molecular flexibility index (Phi) is 28.0. The number of carboxylic acid groups (broad SMARTS) is 5. The SMILES string of the molecule is CC(C)C[C@H](NC(=O)[C@H](Cc1ccccc1)NC(=O)[C@H](CCC(=O)O)NC(=O)[C@H](CC(=O)O)NC(=O)[C@H](CC(=O)O)NC(=O)[C@H](CCC(=O)O)NC(=O)[C@H](CCC(N)=O)NC(=O)[C@H](CCC(N)=O)NC(=O)[C@@H]1CCCN1)C(=O)O. The minimum absolute atomic E-state index is 0.0213. The number of nitrogens with one attached hydrogen (secondary N) is 9. The Labute approximate surface area is 451 Å². The number of hydrogen-bond acceptors (Lipinski definition) is 16. The van der Waals surface area contributed by atoms with Gasteiger partial charge in [0, 0.05) is 32.1 Å². The summed E-state index contributed by atoms with van der Waals surface area (Å²) in [6.07, 6.45) is -6.98. The molecule has 0 saturated carbocycles. The molecule has 31 nitrogen and oxygen atoms in total. The second kappa shape index (κ2) is 33.4. The van der Waals surface area contributed by atoms with E-state index in [9.17, 15) is 97.5 Å². The van der Waals surface area contributed by atoms with E-state index in [1.807, 2.05) is 10.6 Å². The molecule has 1 aliphatic heterocycles. The number of nitrogens with two attached hydrogens (primary N) is 2. The summed E-state index contributed by atoms with van der Waals surface area (Å²) < 4.78 is 0. The fourth-order valence-electron chi connectivity index (χ4n) is 7.79. The molecule has 1 aliphatic rings. The van der Waals surface area contributed by atoms with Gasteiger partial charge in [0.2, 0.25) is 59.1 Å². The minimum Gasteiger partial charge on any atom is -0.481 e. The summed E-state index contributed by atoms with van der Waals surface area (Å²) in [6, 6.07) is -7.36. The van der Waals surface area contributed by atoms with E-state index in [4.69, 9.17) is 11.5 Å². The highest BCUT2D eigenvalue weighted by atomic mass is 16.4. The molecule has 18 N–H and O–H groups in total. The molecule has 0 aromatic heterocycles. The Morgan fingerprint density at radius 1 is 0.481 bits per heavy atom. The number of amides is 10. The van der Waals surface area contributed by atoms with E-state index in [1.54, 1.807) is 44.2 Å². The van der Waals surface area contributed by atoms with Crippen LogP contribution < -0.4 is 59.3 Å². The van der Waals surface area contributed by atoms with Crippen molar-refractivity contribution in [1.82, 2.24) is 47.9 Å². The van der Waals surface area contributed by atoms with Crippen LogP contribution in [-0.2, 0) is 78.3 Å². The van der Waals surface area contributed by atoms with E-state index in [2.05, 4.69) is 37.2 Å². The fraction of sp³-hybridized carbons (Fsp3) is 0.562. The maximum atomic E-state index is 13.9. The summed E-state index contributed by atoms with van der Waals surface area (Å²) in [4.78, 5) is 192. The van der Waals surface area contributed by atoms with Gasteiger partial charge in [-0.2, -0.15) is 0 Å². The third-order valence-corrected chi connectivity index (χ3v) is 11.8. The van der Waals surface area contributed by atoms with Crippen LogP contribution in [0.4, 0.5) is 0 Å². The third kappa shape index (κ3) is 25.8. The first kappa shape index (κ1) is 66.3. The van der Waals surface area contributed by atoms with Gasteiger partial charge in [0.05, 0.1) is 18.9 Å². The second-order valence-electron chi connectivity index (χ2n) is 18.9. The number of aliphatic carboxylic acids is 5. The van der Waals surface area contributed by atoms with Gasteiger partial charge in [0.25, 0.3) is 0 Å². The van der Waals surface area contributed by atoms with Crippen LogP contribution in [0.5, 0.6) is 0 Å². The molecule has 1 heterocycles. The van der Waals surface area contributed by atoms with Gasteiger partial charge in [0.1, 0.15) is 48.3 Å². The number of hydrogen-bond donors (Lipinski definition) is 16.